The Morgan fingerprint density at radius 1 is 1.12 bits per heavy atom. The number of nitrogens with zero attached hydrogens (tertiary/aromatic N) is 3. The summed E-state index contributed by atoms with van der Waals surface area (Å²) in [5.41, 5.74) is 0.842. The summed E-state index contributed by atoms with van der Waals surface area (Å²) in [5.74, 6) is 2.73. The molecule has 32 heavy (non-hydrogen) atoms. The molecule has 7 nitrogen and oxygen atoms in total. The topological polar surface area (TPSA) is 84.6 Å². The van der Waals surface area contributed by atoms with E-state index in [1.165, 1.54) is 12.1 Å². The Balaban J connectivity index is 0.00000363. The largest absolute Gasteiger partial charge is 0.443 e. The van der Waals surface area contributed by atoms with Crippen molar-refractivity contribution in [2.45, 2.75) is 46.2 Å². The number of oxazole rings is 1. The minimum absolute atomic E-state index is 0. The van der Waals surface area contributed by atoms with E-state index in [1.54, 1.807) is 30.6 Å². The van der Waals surface area contributed by atoms with Crippen LogP contribution in [0.2, 0.25) is 0 Å². The lowest BCUT2D eigenvalue weighted by molar-refractivity contribution is 0.379. The molecule has 0 fully saturated rings. The van der Waals surface area contributed by atoms with Crippen LogP contribution in [-0.2, 0) is 18.5 Å². The van der Waals surface area contributed by atoms with Gasteiger partial charge in [0.15, 0.2) is 5.96 Å². The van der Waals surface area contributed by atoms with Crippen molar-refractivity contribution in [2.75, 3.05) is 6.54 Å². The molecule has 9 heteroatoms. The fourth-order valence-electron chi connectivity index (χ4n) is 2.64. The number of nitrogens with one attached hydrogen (secondary N) is 2. The van der Waals surface area contributed by atoms with Crippen molar-refractivity contribution in [1.29, 1.82) is 0 Å². The lowest BCUT2D eigenvalue weighted by atomic mass is 9.94. The Morgan fingerprint density at radius 3 is 2.53 bits per heavy atom. The molecular weight excluding hydrogens is 524 g/mol. The summed E-state index contributed by atoms with van der Waals surface area (Å²) in [4.78, 5) is 13.1. The molecule has 0 spiro atoms. The number of benzene rings is 1. The second kappa shape index (κ2) is 11.8. The number of halogens is 2. The summed E-state index contributed by atoms with van der Waals surface area (Å²) in [7, 11) is 0. The molecule has 2 aromatic heterocycles. The molecule has 0 unspecified atom stereocenters. The van der Waals surface area contributed by atoms with Crippen LogP contribution >= 0.6 is 24.0 Å². The van der Waals surface area contributed by atoms with Crippen LogP contribution in [0.25, 0.3) is 0 Å². The number of aliphatic imine (C=N–C) groups is 1. The molecule has 172 valence electrons. The number of guanidine groups is 1. The Bertz CT molecular complexity index is 1020. The summed E-state index contributed by atoms with van der Waals surface area (Å²) in [6.45, 7) is 9.83. The van der Waals surface area contributed by atoms with Gasteiger partial charge in [0.25, 0.3) is 0 Å². The molecule has 0 radical (unpaired) electrons. The molecule has 0 atom stereocenters. The Labute approximate surface area is 204 Å². The molecule has 3 aromatic rings. The van der Waals surface area contributed by atoms with Crippen LogP contribution in [-0.4, -0.2) is 22.5 Å². The fraction of sp³-hybridized carbons (Fsp3) is 0.348. The smallest absolute Gasteiger partial charge is 0.219 e. The van der Waals surface area contributed by atoms with Crippen molar-refractivity contribution >= 4 is 29.9 Å². The van der Waals surface area contributed by atoms with Crippen LogP contribution in [0, 0.1) is 5.82 Å². The molecule has 0 aliphatic heterocycles. The summed E-state index contributed by atoms with van der Waals surface area (Å²) in [6, 6.07) is 9.48. The van der Waals surface area contributed by atoms with Gasteiger partial charge in [0.2, 0.25) is 11.8 Å². The minimum Gasteiger partial charge on any atom is -0.443 e. The van der Waals surface area contributed by atoms with Gasteiger partial charge in [0, 0.05) is 24.2 Å². The van der Waals surface area contributed by atoms with Crippen LogP contribution in [0.4, 0.5) is 4.39 Å². The molecule has 0 aliphatic carbocycles. The highest BCUT2D eigenvalue weighted by Gasteiger charge is 2.19. The van der Waals surface area contributed by atoms with Crippen molar-refractivity contribution < 1.29 is 13.5 Å². The number of hydrogen-bond donors (Lipinski definition) is 2. The van der Waals surface area contributed by atoms with Gasteiger partial charge >= 0.3 is 0 Å². The summed E-state index contributed by atoms with van der Waals surface area (Å²) in [5, 5.41) is 6.44. The minimum atomic E-state index is -0.314. The van der Waals surface area contributed by atoms with Gasteiger partial charge in [-0.3, -0.25) is 0 Å². The first-order valence-corrected chi connectivity index (χ1v) is 10.2. The zero-order valence-corrected chi connectivity index (χ0v) is 21.0. The van der Waals surface area contributed by atoms with Crippen molar-refractivity contribution in [3.63, 3.8) is 0 Å². The molecule has 0 amide bonds. The molecule has 0 saturated carbocycles. The van der Waals surface area contributed by atoms with Gasteiger partial charge in [-0.05, 0) is 42.8 Å². The predicted molar refractivity (Wildman–Crippen MR) is 133 cm³/mol. The predicted octanol–water partition coefficient (Wildman–Crippen LogP) is 5.17. The first-order valence-electron chi connectivity index (χ1n) is 10.2. The highest BCUT2D eigenvalue weighted by molar-refractivity contribution is 14.0. The third-order valence-electron chi connectivity index (χ3n) is 4.30. The molecule has 3 rings (SSSR count). The van der Waals surface area contributed by atoms with Gasteiger partial charge in [-0.1, -0.05) is 20.8 Å². The zero-order chi connectivity index (χ0) is 22.3. The van der Waals surface area contributed by atoms with E-state index in [-0.39, 0.29) is 35.2 Å². The maximum absolute atomic E-state index is 13.0. The van der Waals surface area contributed by atoms with Gasteiger partial charge in [0.05, 0.1) is 19.3 Å². The Morgan fingerprint density at radius 2 is 1.88 bits per heavy atom. The summed E-state index contributed by atoms with van der Waals surface area (Å²) in [6.07, 6.45) is 3.42. The Hall–Kier alpha value is -2.69. The monoisotopic (exact) mass is 553 g/mol. The van der Waals surface area contributed by atoms with Crippen molar-refractivity contribution in [1.82, 2.24) is 20.6 Å². The van der Waals surface area contributed by atoms with Gasteiger partial charge in [-0.15, -0.1) is 24.0 Å². The fourth-order valence-corrected chi connectivity index (χ4v) is 2.64. The van der Waals surface area contributed by atoms with E-state index in [2.05, 4.69) is 46.4 Å². The molecule has 2 N–H and O–H groups in total. The molecule has 0 aliphatic rings. The van der Waals surface area contributed by atoms with Gasteiger partial charge < -0.3 is 19.8 Å². The van der Waals surface area contributed by atoms with Crippen LogP contribution in [0.3, 0.4) is 0 Å². The van der Waals surface area contributed by atoms with Crippen molar-refractivity contribution in [2.24, 2.45) is 4.99 Å². The van der Waals surface area contributed by atoms with E-state index >= 15 is 0 Å². The van der Waals surface area contributed by atoms with E-state index < -0.39 is 0 Å². The van der Waals surface area contributed by atoms with E-state index in [0.717, 1.165) is 17.9 Å². The Kier molecular flexibility index (Phi) is 9.42. The average molecular weight is 553 g/mol. The van der Waals surface area contributed by atoms with Crippen molar-refractivity contribution in [3.8, 4) is 11.6 Å². The number of aromatic nitrogens is 2. The van der Waals surface area contributed by atoms with Crippen LogP contribution in [0.1, 0.15) is 44.9 Å². The number of pyridine rings is 1. The second-order valence-corrected chi connectivity index (χ2v) is 7.98. The molecule has 1 aromatic carbocycles. The molecule has 0 saturated heterocycles. The SMILES string of the molecule is CCNC(=NCc1ccnc(Oc2ccc(F)cc2)c1)NCc1ncc(C(C)(C)C)o1.I. The highest BCUT2D eigenvalue weighted by Crippen LogP contribution is 2.23. The van der Waals surface area contributed by atoms with Crippen LogP contribution < -0.4 is 15.4 Å². The summed E-state index contributed by atoms with van der Waals surface area (Å²) < 4.78 is 24.5. The van der Waals surface area contributed by atoms with Gasteiger partial charge in [-0.2, -0.15) is 0 Å². The lowest BCUT2D eigenvalue weighted by Gasteiger charge is -2.13. The molecule has 0 bridgehead atoms. The third kappa shape index (κ3) is 7.77. The summed E-state index contributed by atoms with van der Waals surface area (Å²) >= 11 is 0. The van der Waals surface area contributed by atoms with Crippen LogP contribution in [0.5, 0.6) is 11.6 Å². The number of hydrogen-bond acceptors (Lipinski definition) is 5. The number of rotatable bonds is 7. The van der Waals surface area contributed by atoms with Crippen LogP contribution in [0.15, 0.2) is 58.2 Å². The molecular formula is C23H29FIN5O2. The first-order chi connectivity index (χ1) is 14.8. The maximum Gasteiger partial charge on any atom is 0.219 e. The van der Waals surface area contributed by atoms with Crippen molar-refractivity contribution in [3.05, 3.63) is 71.8 Å². The lowest BCUT2D eigenvalue weighted by Crippen LogP contribution is -2.36. The standard InChI is InChI=1S/C23H28FN5O2.HI/c1-5-25-22(29-15-21-27-14-19(31-21)23(2,3)4)28-13-16-10-11-26-20(12-16)30-18-8-6-17(24)7-9-18;/h6-12,14H,5,13,15H2,1-4H3,(H2,25,28,29);1H. The zero-order valence-electron chi connectivity index (χ0n) is 18.7. The first kappa shape index (κ1) is 25.6. The van der Waals surface area contributed by atoms with E-state index in [1.807, 2.05) is 13.0 Å². The van der Waals surface area contributed by atoms with Gasteiger partial charge in [-0.25, -0.2) is 19.4 Å². The second-order valence-electron chi connectivity index (χ2n) is 7.98. The van der Waals surface area contributed by atoms with E-state index in [9.17, 15) is 4.39 Å². The molecule has 2 heterocycles. The van der Waals surface area contributed by atoms with E-state index in [4.69, 9.17) is 9.15 Å². The van der Waals surface area contributed by atoms with E-state index in [0.29, 0.717) is 36.6 Å². The quantitative estimate of drug-likeness (QED) is 0.239. The normalized spacial score (nSPS) is 11.6. The number of ether oxygens (including phenoxy) is 1. The average Bonchev–Trinajstić information content (AvgIpc) is 3.22. The highest BCUT2D eigenvalue weighted by atomic mass is 127. The van der Waals surface area contributed by atoms with Gasteiger partial charge in [0.1, 0.15) is 17.3 Å². The third-order valence-corrected chi connectivity index (χ3v) is 4.30. The maximum atomic E-state index is 13.0.